The zero-order valence-corrected chi connectivity index (χ0v) is 15.0. The number of rotatable bonds is 6. The molecule has 22 heavy (non-hydrogen) atoms. The first-order valence-electron chi connectivity index (χ1n) is 8.24. The predicted molar refractivity (Wildman–Crippen MR) is 93.6 cm³/mol. The summed E-state index contributed by atoms with van der Waals surface area (Å²) in [4.78, 5) is 18.8. The number of aromatic nitrogens is 1. The maximum atomic E-state index is 12.3. The van der Waals surface area contributed by atoms with Crippen molar-refractivity contribution in [3.05, 3.63) is 16.1 Å². The highest BCUT2D eigenvalue weighted by molar-refractivity contribution is 7.99. The lowest BCUT2D eigenvalue weighted by molar-refractivity contribution is 0.190. The molecule has 122 valence electrons. The number of nitrogens with zero attached hydrogens (tertiary/aromatic N) is 2. The third kappa shape index (κ3) is 3.96. The molecule has 2 amide bonds. The molecule has 6 heteroatoms. The minimum atomic E-state index is 0.0353. The summed E-state index contributed by atoms with van der Waals surface area (Å²) in [6.07, 6.45) is 6.05. The van der Waals surface area contributed by atoms with Gasteiger partial charge in [-0.15, -0.1) is 11.3 Å². The largest absolute Gasteiger partial charge is 0.332 e. The van der Waals surface area contributed by atoms with Crippen molar-refractivity contribution < 1.29 is 4.79 Å². The fraction of sp³-hybridized carbons (Fsp3) is 0.750. The SMILES string of the molecule is CCS[C@@H]1CC[C@H](N(C)C(=O)NCc2csc(C3CC3)n2)C1. The third-order valence-corrected chi connectivity index (χ3v) is 6.83. The van der Waals surface area contributed by atoms with E-state index >= 15 is 0 Å². The highest BCUT2D eigenvalue weighted by atomic mass is 32.2. The Morgan fingerprint density at radius 2 is 2.27 bits per heavy atom. The standard InChI is InChI=1S/C16H25N3OS2/c1-3-21-14-7-6-13(8-14)19(2)16(20)17-9-12-10-22-15(18-12)11-4-5-11/h10-11,13-14H,3-9H2,1-2H3,(H,17,20)/t13-,14+/m0/s1. The number of carbonyl (C=O) groups is 1. The van der Waals surface area contributed by atoms with Crippen molar-refractivity contribution in [1.82, 2.24) is 15.2 Å². The Morgan fingerprint density at radius 1 is 1.45 bits per heavy atom. The number of thioether (sulfide) groups is 1. The Bertz CT molecular complexity index is 515. The summed E-state index contributed by atoms with van der Waals surface area (Å²) < 4.78 is 0. The van der Waals surface area contributed by atoms with Crippen LogP contribution in [0.1, 0.15) is 55.6 Å². The Morgan fingerprint density at radius 3 is 3.00 bits per heavy atom. The van der Waals surface area contributed by atoms with E-state index in [0.29, 0.717) is 18.5 Å². The molecule has 2 aliphatic rings. The van der Waals surface area contributed by atoms with Gasteiger partial charge in [0.05, 0.1) is 17.2 Å². The van der Waals surface area contributed by atoms with E-state index in [2.05, 4.69) is 22.6 Å². The molecule has 1 N–H and O–H groups in total. The van der Waals surface area contributed by atoms with E-state index in [9.17, 15) is 4.79 Å². The topological polar surface area (TPSA) is 45.2 Å². The van der Waals surface area contributed by atoms with Crippen LogP contribution in [0.3, 0.4) is 0 Å². The van der Waals surface area contributed by atoms with Crippen LogP contribution >= 0.6 is 23.1 Å². The van der Waals surface area contributed by atoms with Crippen LogP contribution in [0.15, 0.2) is 5.38 Å². The van der Waals surface area contributed by atoms with Gasteiger partial charge in [-0.3, -0.25) is 0 Å². The first-order valence-corrected chi connectivity index (χ1v) is 10.2. The molecule has 0 aliphatic heterocycles. The zero-order valence-electron chi connectivity index (χ0n) is 13.4. The third-order valence-electron chi connectivity index (χ3n) is 4.54. The lowest BCUT2D eigenvalue weighted by Gasteiger charge is -2.24. The first-order chi connectivity index (χ1) is 10.7. The van der Waals surface area contributed by atoms with Crippen LogP contribution in [-0.4, -0.2) is 40.0 Å². The van der Waals surface area contributed by atoms with E-state index in [1.807, 2.05) is 23.7 Å². The second-order valence-electron chi connectivity index (χ2n) is 6.27. The number of urea groups is 1. The van der Waals surface area contributed by atoms with Crippen molar-refractivity contribution in [3.63, 3.8) is 0 Å². The van der Waals surface area contributed by atoms with E-state index in [-0.39, 0.29) is 6.03 Å². The summed E-state index contributed by atoms with van der Waals surface area (Å²) in [5, 5.41) is 7.07. The van der Waals surface area contributed by atoms with Crippen LogP contribution < -0.4 is 5.32 Å². The molecule has 1 heterocycles. The molecule has 0 saturated heterocycles. The molecule has 2 saturated carbocycles. The fourth-order valence-electron chi connectivity index (χ4n) is 3.03. The van der Waals surface area contributed by atoms with Crippen LogP contribution in [0.25, 0.3) is 0 Å². The normalized spacial score (nSPS) is 24.5. The number of carbonyl (C=O) groups excluding carboxylic acids is 1. The van der Waals surface area contributed by atoms with Gasteiger partial charge < -0.3 is 10.2 Å². The molecular weight excluding hydrogens is 314 g/mol. The Kier molecular flexibility index (Phi) is 5.29. The van der Waals surface area contributed by atoms with Gasteiger partial charge in [0.2, 0.25) is 0 Å². The number of amides is 2. The van der Waals surface area contributed by atoms with Crippen molar-refractivity contribution in [1.29, 1.82) is 0 Å². The summed E-state index contributed by atoms with van der Waals surface area (Å²) >= 11 is 3.76. The molecule has 2 atom stereocenters. The van der Waals surface area contributed by atoms with E-state index in [4.69, 9.17) is 0 Å². The quantitative estimate of drug-likeness (QED) is 0.856. The van der Waals surface area contributed by atoms with E-state index < -0.39 is 0 Å². The van der Waals surface area contributed by atoms with Gasteiger partial charge in [-0.2, -0.15) is 11.8 Å². The monoisotopic (exact) mass is 339 g/mol. The van der Waals surface area contributed by atoms with E-state index in [0.717, 1.165) is 23.8 Å². The molecule has 2 fully saturated rings. The maximum absolute atomic E-state index is 12.3. The molecule has 0 bridgehead atoms. The molecule has 2 aliphatic carbocycles. The predicted octanol–water partition coefficient (Wildman–Crippen LogP) is 3.84. The minimum absolute atomic E-state index is 0.0353. The van der Waals surface area contributed by atoms with Crippen LogP contribution in [0.2, 0.25) is 0 Å². The van der Waals surface area contributed by atoms with Crippen LogP contribution in [0.5, 0.6) is 0 Å². The summed E-state index contributed by atoms with van der Waals surface area (Å²) in [5.74, 6) is 1.86. The number of hydrogen-bond donors (Lipinski definition) is 1. The van der Waals surface area contributed by atoms with Crippen molar-refractivity contribution in [2.75, 3.05) is 12.8 Å². The molecule has 0 unspecified atom stereocenters. The van der Waals surface area contributed by atoms with Crippen molar-refractivity contribution >= 4 is 29.1 Å². The summed E-state index contributed by atoms with van der Waals surface area (Å²) in [7, 11) is 1.93. The molecule has 1 aromatic rings. The van der Waals surface area contributed by atoms with E-state index in [1.54, 1.807) is 11.3 Å². The van der Waals surface area contributed by atoms with Crippen molar-refractivity contribution in [3.8, 4) is 0 Å². The van der Waals surface area contributed by atoms with E-state index in [1.165, 1.54) is 30.0 Å². The molecule has 1 aromatic heterocycles. The molecule has 3 rings (SSSR count). The second kappa shape index (κ2) is 7.21. The fourth-order valence-corrected chi connectivity index (χ4v) is 5.16. The van der Waals surface area contributed by atoms with Gasteiger partial charge in [0.25, 0.3) is 0 Å². The smallest absolute Gasteiger partial charge is 0.317 e. The van der Waals surface area contributed by atoms with Crippen molar-refractivity contribution in [2.45, 2.75) is 62.8 Å². The first kappa shape index (κ1) is 16.1. The summed E-state index contributed by atoms with van der Waals surface area (Å²) in [6, 6.07) is 0.426. The van der Waals surface area contributed by atoms with Gasteiger partial charge in [0.1, 0.15) is 0 Å². The zero-order chi connectivity index (χ0) is 15.5. The number of thiazole rings is 1. The lowest BCUT2D eigenvalue weighted by atomic mass is 10.2. The van der Waals surface area contributed by atoms with Gasteiger partial charge in [-0.1, -0.05) is 6.92 Å². The van der Waals surface area contributed by atoms with Crippen LogP contribution in [0, 0.1) is 0 Å². The molecule has 0 spiro atoms. The number of nitrogens with one attached hydrogen (secondary N) is 1. The van der Waals surface area contributed by atoms with Gasteiger partial charge in [-0.25, -0.2) is 9.78 Å². The lowest BCUT2D eigenvalue weighted by Crippen LogP contribution is -2.42. The Hall–Kier alpha value is -0.750. The highest BCUT2D eigenvalue weighted by Crippen LogP contribution is 2.41. The van der Waals surface area contributed by atoms with Crippen LogP contribution in [-0.2, 0) is 6.54 Å². The Balaban J connectivity index is 1.44. The van der Waals surface area contributed by atoms with Gasteiger partial charge in [0.15, 0.2) is 0 Å². The molecule has 0 radical (unpaired) electrons. The number of hydrogen-bond acceptors (Lipinski definition) is 4. The summed E-state index contributed by atoms with van der Waals surface area (Å²) in [6.45, 7) is 2.75. The second-order valence-corrected chi connectivity index (χ2v) is 8.73. The van der Waals surface area contributed by atoms with Crippen LogP contribution in [0.4, 0.5) is 4.79 Å². The van der Waals surface area contributed by atoms with Gasteiger partial charge in [-0.05, 0) is 37.9 Å². The van der Waals surface area contributed by atoms with Crippen molar-refractivity contribution in [2.24, 2.45) is 0 Å². The molecule has 0 aromatic carbocycles. The van der Waals surface area contributed by atoms with Gasteiger partial charge in [0, 0.05) is 29.6 Å². The minimum Gasteiger partial charge on any atom is -0.332 e. The molecular formula is C16H25N3OS2. The molecule has 4 nitrogen and oxygen atoms in total. The average molecular weight is 340 g/mol. The summed E-state index contributed by atoms with van der Waals surface area (Å²) in [5.41, 5.74) is 1.000. The Labute approximate surface area is 141 Å². The average Bonchev–Trinajstić information content (AvgIpc) is 3.08. The maximum Gasteiger partial charge on any atom is 0.317 e. The highest BCUT2D eigenvalue weighted by Gasteiger charge is 2.30. The van der Waals surface area contributed by atoms with Gasteiger partial charge >= 0.3 is 6.03 Å².